The summed E-state index contributed by atoms with van der Waals surface area (Å²) in [6.07, 6.45) is 0.526. The van der Waals surface area contributed by atoms with Crippen LogP contribution in [0.5, 0.6) is 11.5 Å². The van der Waals surface area contributed by atoms with Crippen LogP contribution in [0.3, 0.4) is 0 Å². The van der Waals surface area contributed by atoms with Gasteiger partial charge in [0.25, 0.3) is 5.91 Å². The molecule has 2 aromatic carbocycles. The SMILES string of the molecule is COc1ccccc1OCCNC(=O)C(CC(C)C)NC(=O)c1ccc(Cl)cc1. The molecule has 1 unspecified atom stereocenters. The van der Waals surface area contributed by atoms with Crippen LogP contribution in [0.1, 0.15) is 30.6 Å². The Labute approximate surface area is 176 Å². The van der Waals surface area contributed by atoms with E-state index in [2.05, 4.69) is 10.6 Å². The van der Waals surface area contributed by atoms with Crippen LogP contribution in [0.2, 0.25) is 5.02 Å². The number of hydrogen-bond donors (Lipinski definition) is 2. The van der Waals surface area contributed by atoms with Crippen molar-refractivity contribution in [3.05, 3.63) is 59.1 Å². The van der Waals surface area contributed by atoms with Crippen molar-refractivity contribution >= 4 is 23.4 Å². The maximum Gasteiger partial charge on any atom is 0.251 e. The summed E-state index contributed by atoms with van der Waals surface area (Å²) >= 11 is 5.86. The molecule has 1 atom stereocenters. The molecule has 0 aliphatic carbocycles. The number of benzene rings is 2. The fourth-order valence-corrected chi connectivity index (χ4v) is 2.87. The molecule has 2 aromatic rings. The number of carbonyl (C=O) groups excluding carboxylic acids is 2. The van der Waals surface area contributed by atoms with Gasteiger partial charge in [0.1, 0.15) is 12.6 Å². The average molecular weight is 419 g/mol. The molecule has 29 heavy (non-hydrogen) atoms. The molecular formula is C22H27ClN2O4. The normalized spacial score (nSPS) is 11.6. The van der Waals surface area contributed by atoms with Crippen LogP contribution in [0, 0.1) is 5.92 Å². The van der Waals surface area contributed by atoms with Crippen LogP contribution < -0.4 is 20.1 Å². The van der Waals surface area contributed by atoms with Gasteiger partial charge in [0.05, 0.1) is 13.7 Å². The standard InChI is InChI=1S/C22H27ClN2O4/c1-15(2)14-18(25-21(26)16-8-10-17(23)11-9-16)22(27)24-12-13-29-20-7-5-4-6-19(20)28-3/h4-11,15,18H,12-14H2,1-3H3,(H,24,27)(H,25,26). The molecule has 156 valence electrons. The Morgan fingerprint density at radius 3 is 2.31 bits per heavy atom. The van der Waals surface area contributed by atoms with Crippen molar-refractivity contribution in [3.8, 4) is 11.5 Å². The number of nitrogens with one attached hydrogen (secondary N) is 2. The van der Waals surface area contributed by atoms with Gasteiger partial charge in [0.2, 0.25) is 5.91 Å². The summed E-state index contributed by atoms with van der Waals surface area (Å²) in [6, 6.07) is 13.2. The first-order valence-electron chi connectivity index (χ1n) is 9.50. The Morgan fingerprint density at radius 2 is 1.69 bits per heavy atom. The minimum absolute atomic E-state index is 0.237. The lowest BCUT2D eigenvalue weighted by molar-refractivity contribution is -0.123. The zero-order chi connectivity index (χ0) is 21.2. The molecule has 7 heteroatoms. The van der Waals surface area contributed by atoms with E-state index in [9.17, 15) is 9.59 Å². The van der Waals surface area contributed by atoms with E-state index in [1.807, 2.05) is 26.0 Å². The number of amides is 2. The third-order valence-corrected chi connectivity index (χ3v) is 4.42. The monoisotopic (exact) mass is 418 g/mol. The molecule has 0 saturated carbocycles. The molecule has 0 fully saturated rings. The van der Waals surface area contributed by atoms with Gasteiger partial charge >= 0.3 is 0 Å². The van der Waals surface area contributed by atoms with Gasteiger partial charge in [-0.1, -0.05) is 37.6 Å². The number of ether oxygens (including phenoxy) is 2. The van der Waals surface area contributed by atoms with Crippen molar-refractivity contribution in [3.63, 3.8) is 0 Å². The molecule has 2 rings (SSSR count). The van der Waals surface area contributed by atoms with Gasteiger partial charge in [-0.15, -0.1) is 0 Å². The summed E-state index contributed by atoms with van der Waals surface area (Å²) in [6.45, 7) is 4.59. The van der Waals surface area contributed by atoms with Crippen LogP contribution in [-0.4, -0.2) is 38.1 Å². The summed E-state index contributed by atoms with van der Waals surface area (Å²) in [5, 5.41) is 6.18. The molecule has 0 spiro atoms. The Kier molecular flexibility index (Phi) is 8.80. The third kappa shape index (κ3) is 7.31. The minimum atomic E-state index is -0.635. The number of carbonyl (C=O) groups is 2. The lowest BCUT2D eigenvalue weighted by Crippen LogP contribution is -2.48. The van der Waals surface area contributed by atoms with Crippen molar-refractivity contribution in [1.29, 1.82) is 0 Å². The molecule has 0 aromatic heterocycles. The van der Waals surface area contributed by atoms with Gasteiger partial charge in [-0.05, 0) is 48.7 Å². The lowest BCUT2D eigenvalue weighted by atomic mass is 10.0. The maximum atomic E-state index is 12.6. The van der Waals surface area contributed by atoms with E-state index in [1.54, 1.807) is 43.5 Å². The van der Waals surface area contributed by atoms with Gasteiger partial charge < -0.3 is 20.1 Å². The molecule has 0 heterocycles. The van der Waals surface area contributed by atoms with E-state index >= 15 is 0 Å². The van der Waals surface area contributed by atoms with Crippen LogP contribution >= 0.6 is 11.6 Å². The van der Waals surface area contributed by atoms with E-state index in [0.29, 0.717) is 35.1 Å². The predicted octanol–water partition coefficient (Wildman–Crippen LogP) is 3.69. The van der Waals surface area contributed by atoms with Gasteiger partial charge in [0, 0.05) is 10.6 Å². The smallest absolute Gasteiger partial charge is 0.251 e. The molecule has 2 amide bonds. The highest BCUT2D eigenvalue weighted by Crippen LogP contribution is 2.25. The Morgan fingerprint density at radius 1 is 1.03 bits per heavy atom. The summed E-state index contributed by atoms with van der Waals surface area (Å²) in [4.78, 5) is 25.1. The van der Waals surface area contributed by atoms with Gasteiger partial charge in [-0.25, -0.2) is 0 Å². The van der Waals surface area contributed by atoms with Gasteiger partial charge in [-0.2, -0.15) is 0 Å². The van der Waals surface area contributed by atoms with Crippen LogP contribution in [0.4, 0.5) is 0 Å². The highest BCUT2D eigenvalue weighted by Gasteiger charge is 2.22. The first-order chi connectivity index (χ1) is 13.9. The number of rotatable bonds is 10. The predicted molar refractivity (Wildman–Crippen MR) is 114 cm³/mol. The zero-order valence-corrected chi connectivity index (χ0v) is 17.7. The first-order valence-corrected chi connectivity index (χ1v) is 9.88. The highest BCUT2D eigenvalue weighted by molar-refractivity contribution is 6.30. The summed E-state index contributed by atoms with van der Waals surface area (Å²) in [5.41, 5.74) is 0.454. The average Bonchev–Trinajstić information content (AvgIpc) is 2.70. The summed E-state index contributed by atoms with van der Waals surface area (Å²) < 4.78 is 10.9. The molecule has 2 N–H and O–H groups in total. The Hall–Kier alpha value is -2.73. The van der Waals surface area contributed by atoms with Crippen molar-refractivity contribution in [1.82, 2.24) is 10.6 Å². The maximum absolute atomic E-state index is 12.6. The van der Waals surface area contributed by atoms with Crippen molar-refractivity contribution in [2.24, 2.45) is 5.92 Å². The van der Waals surface area contributed by atoms with Gasteiger partial charge in [0.15, 0.2) is 11.5 Å². The van der Waals surface area contributed by atoms with Crippen molar-refractivity contribution in [2.45, 2.75) is 26.3 Å². The second-order valence-electron chi connectivity index (χ2n) is 6.95. The largest absolute Gasteiger partial charge is 0.493 e. The molecule has 6 nitrogen and oxygen atoms in total. The topological polar surface area (TPSA) is 76.7 Å². The lowest BCUT2D eigenvalue weighted by Gasteiger charge is -2.20. The molecule has 0 bridgehead atoms. The van der Waals surface area contributed by atoms with E-state index < -0.39 is 6.04 Å². The Balaban J connectivity index is 1.89. The van der Waals surface area contributed by atoms with E-state index in [0.717, 1.165) is 0 Å². The third-order valence-electron chi connectivity index (χ3n) is 4.16. The zero-order valence-electron chi connectivity index (χ0n) is 16.9. The minimum Gasteiger partial charge on any atom is -0.493 e. The molecule has 0 aliphatic heterocycles. The van der Waals surface area contributed by atoms with Crippen LogP contribution in [0.25, 0.3) is 0 Å². The van der Waals surface area contributed by atoms with Crippen LogP contribution in [0.15, 0.2) is 48.5 Å². The molecule has 0 saturated heterocycles. The quantitative estimate of drug-likeness (QED) is 0.577. The van der Waals surface area contributed by atoms with E-state index in [-0.39, 0.29) is 24.3 Å². The first kappa shape index (κ1) is 22.6. The highest BCUT2D eigenvalue weighted by atomic mass is 35.5. The Bertz CT molecular complexity index is 809. The van der Waals surface area contributed by atoms with E-state index in [1.165, 1.54) is 0 Å². The van der Waals surface area contributed by atoms with E-state index in [4.69, 9.17) is 21.1 Å². The summed E-state index contributed by atoms with van der Waals surface area (Å²) in [5.74, 6) is 0.921. The second-order valence-corrected chi connectivity index (χ2v) is 7.39. The molecular weight excluding hydrogens is 392 g/mol. The fraction of sp³-hybridized carbons (Fsp3) is 0.364. The van der Waals surface area contributed by atoms with Crippen molar-refractivity contribution in [2.75, 3.05) is 20.3 Å². The van der Waals surface area contributed by atoms with Gasteiger partial charge in [-0.3, -0.25) is 9.59 Å². The van der Waals surface area contributed by atoms with Crippen molar-refractivity contribution < 1.29 is 19.1 Å². The summed E-state index contributed by atoms with van der Waals surface area (Å²) in [7, 11) is 1.57. The molecule has 0 aliphatic rings. The number of para-hydroxylation sites is 2. The number of methoxy groups -OCH3 is 1. The van der Waals surface area contributed by atoms with Crippen LogP contribution in [-0.2, 0) is 4.79 Å². The molecule has 0 radical (unpaired) electrons. The second kappa shape index (κ2) is 11.3. The fourth-order valence-electron chi connectivity index (χ4n) is 2.74. The number of hydrogen-bond acceptors (Lipinski definition) is 4. The number of halogens is 1.